The molecule has 1 aromatic heterocycles. The fraction of sp³-hybridized carbons (Fsp3) is 0.600. The molecule has 0 spiro atoms. The van der Waals surface area contributed by atoms with Crippen molar-refractivity contribution in [3.05, 3.63) is 18.0 Å². The Morgan fingerprint density at radius 1 is 1.71 bits per heavy atom. The van der Waals surface area contributed by atoms with E-state index in [4.69, 9.17) is 0 Å². The zero-order valence-electron chi connectivity index (χ0n) is 8.43. The second-order valence-electron chi connectivity index (χ2n) is 3.69. The summed E-state index contributed by atoms with van der Waals surface area (Å²) in [6.45, 7) is 1.79. The van der Waals surface area contributed by atoms with Crippen LogP contribution in [0.1, 0.15) is 37.4 Å². The second kappa shape index (κ2) is 3.44. The van der Waals surface area contributed by atoms with Gasteiger partial charge in [-0.1, -0.05) is 0 Å². The van der Waals surface area contributed by atoms with Gasteiger partial charge in [0.05, 0.1) is 12.8 Å². The van der Waals surface area contributed by atoms with Crippen LogP contribution in [-0.2, 0) is 9.53 Å². The van der Waals surface area contributed by atoms with Gasteiger partial charge >= 0.3 is 5.97 Å². The lowest BCUT2D eigenvalue weighted by atomic mass is 10.3. The molecule has 0 aliphatic heterocycles. The van der Waals surface area contributed by atoms with E-state index >= 15 is 0 Å². The molecule has 1 saturated carbocycles. The lowest BCUT2D eigenvalue weighted by Crippen LogP contribution is -2.18. The average Bonchev–Trinajstić information content (AvgIpc) is 2.94. The first kappa shape index (κ1) is 9.24. The molecule has 1 atom stereocenters. The number of rotatable bonds is 3. The van der Waals surface area contributed by atoms with Crippen LogP contribution in [0.3, 0.4) is 0 Å². The largest absolute Gasteiger partial charge is 0.467 e. The van der Waals surface area contributed by atoms with Crippen LogP contribution in [0.2, 0.25) is 0 Å². The standard InChI is InChI=1S/C10H14N2O2/c1-7(10(13)14-2)12-6-5-9(11-12)8-3-4-8/h5-8H,3-4H2,1-2H3/t7-/m0/s1. The first-order chi connectivity index (χ1) is 6.72. The molecule has 14 heavy (non-hydrogen) atoms. The molecule has 1 fully saturated rings. The number of hydrogen-bond donors (Lipinski definition) is 0. The maximum atomic E-state index is 11.2. The van der Waals surface area contributed by atoms with Crippen molar-refractivity contribution in [1.29, 1.82) is 0 Å². The second-order valence-corrected chi connectivity index (χ2v) is 3.69. The summed E-state index contributed by atoms with van der Waals surface area (Å²) in [6, 6.07) is 1.66. The van der Waals surface area contributed by atoms with Crippen LogP contribution in [0.4, 0.5) is 0 Å². The van der Waals surface area contributed by atoms with Gasteiger partial charge in [0.1, 0.15) is 6.04 Å². The summed E-state index contributed by atoms with van der Waals surface area (Å²) >= 11 is 0. The SMILES string of the molecule is COC(=O)[C@H](C)n1ccc(C2CC2)n1. The molecule has 0 unspecified atom stereocenters. The molecule has 4 nitrogen and oxygen atoms in total. The Kier molecular flexibility index (Phi) is 2.27. The highest BCUT2D eigenvalue weighted by Gasteiger charge is 2.27. The Balaban J connectivity index is 2.11. The van der Waals surface area contributed by atoms with Crippen molar-refractivity contribution < 1.29 is 9.53 Å². The molecule has 1 aliphatic carbocycles. The van der Waals surface area contributed by atoms with Crippen LogP contribution >= 0.6 is 0 Å². The van der Waals surface area contributed by atoms with Gasteiger partial charge in [0.15, 0.2) is 0 Å². The fourth-order valence-corrected chi connectivity index (χ4v) is 1.44. The summed E-state index contributed by atoms with van der Waals surface area (Å²) in [5.41, 5.74) is 1.10. The van der Waals surface area contributed by atoms with Crippen molar-refractivity contribution >= 4 is 5.97 Å². The molecule has 4 heteroatoms. The van der Waals surface area contributed by atoms with Gasteiger partial charge < -0.3 is 4.74 Å². The Morgan fingerprint density at radius 2 is 2.43 bits per heavy atom. The molecule has 1 aromatic rings. The maximum Gasteiger partial charge on any atom is 0.330 e. The zero-order valence-corrected chi connectivity index (χ0v) is 8.43. The molecule has 0 N–H and O–H groups in total. The van der Waals surface area contributed by atoms with Crippen molar-refractivity contribution in [2.75, 3.05) is 7.11 Å². The van der Waals surface area contributed by atoms with Gasteiger partial charge in [-0.2, -0.15) is 5.10 Å². The van der Waals surface area contributed by atoms with Gasteiger partial charge in [0.2, 0.25) is 0 Å². The van der Waals surface area contributed by atoms with Gasteiger partial charge in [-0.3, -0.25) is 4.68 Å². The molecule has 76 valence electrons. The third-order valence-electron chi connectivity index (χ3n) is 2.56. The maximum absolute atomic E-state index is 11.2. The topological polar surface area (TPSA) is 44.1 Å². The average molecular weight is 194 g/mol. The minimum atomic E-state index is -0.326. The Morgan fingerprint density at radius 3 is 3.00 bits per heavy atom. The molecule has 0 saturated heterocycles. The number of carbonyl (C=O) groups excluding carboxylic acids is 1. The van der Waals surface area contributed by atoms with Crippen LogP contribution in [0.15, 0.2) is 12.3 Å². The first-order valence-corrected chi connectivity index (χ1v) is 4.85. The third kappa shape index (κ3) is 1.64. The summed E-state index contributed by atoms with van der Waals surface area (Å²) in [4.78, 5) is 11.2. The predicted octanol–water partition coefficient (Wildman–Crippen LogP) is 1.49. The number of nitrogens with zero attached hydrogens (tertiary/aromatic N) is 2. The van der Waals surface area contributed by atoms with Crippen LogP contribution in [-0.4, -0.2) is 22.9 Å². The van der Waals surface area contributed by atoms with E-state index < -0.39 is 0 Å². The molecule has 2 rings (SSSR count). The van der Waals surface area contributed by atoms with Crippen molar-refractivity contribution in [2.24, 2.45) is 0 Å². The Labute approximate surface area is 82.9 Å². The number of aromatic nitrogens is 2. The van der Waals surface area contributed by atoms with Crippen LogP contribution < -0.4 is 0 Å². The highest BCUT2D eigenvalue weighted by atomic mass is 16.5. The summed E-state index contributed by atoms with van der Waals surface area (Å²) < 4.78 is 6.32. The molecule has 1 aliphatic rings. The lowest BCUT2D eigenvalue weighted by Gasteiger charge is -2.08. The minimum Gasteiger partial charge on any atom is -0.467 e. The van der Waals surface area contributed by atoms with E-state index in [1.165, 1.54) is 20.0 Å². The smallest absolute Gasteiger partial charge is 0.330 e. The van der Waals surface area contributed by atoms with Crippen molar-refractivity contribution in [2.45, 2.75) is 31.7 Å². The summed E-state index contributed by atoms with van der Waals surface area (Å²) in [7, 11) is 1.39. The number of carbonyl (C=O) groups is 1. The van der Waals surface area contributed by atoms with E-state index in [0.717, 1.165) is 5.69 Å². The van der Waals surface area contributed by atoms with E-state index in [0.29, 0.717) is 5.92 Å². The summed E-state index contributed by atoms with van der Waals surface area (Å²) in [6.07, 6.45) is 4.29. The van der Waals surface area contributed by atoms with Gasteiger partial charge in [-0.05, 0) is 25.8 Å². The molecule has 0 aromatic carbocycles. The van der Waals surface area contributed by atoms with Crippen molar-refractivity contribution in [1.82, 2.24) is 9.78 Å². The quantitative estimate of drug-likeness (QED) is 0.685. The van der Waals surface area contributed by atoms with Gasteiger partial charge in [-0.15, -0.1) is 0 Å². The summed E-state index contributed by atoms with van der Waals surface area (Å²) in [5, 5.41) is 4.36. The van der Waals surface area contributed by atoms with Crippen molar-refractivity contribution in [3.63, 3.8) is 0 Å². The molecule has 1 heterocycles. The predicted molar refractivity (Wildman–Crippen MR) is 50.9 cm³/mol. The monoisotopic (exact) mass is 194 g/mol. The van der Waals surface area contributed by atoms with Crippen molar-refractivity contribution in [3.8, 4) is 0 Å². The van der Waals surface area contributed by atoms with Crippen LogP contribution in [0.5, 0.6) is 0 Å². The lowest BCUT2D eigenvalue weighted by molar-refractivity contribution is -0.144. The van der Waals surface area contributed by atoms with Gasteiger partial charge in [0.25, 0.3) is 0 Å². The number of methoxy groups -OCH3 is 1. The van der Waals surface area contributed by atoms with Crippen LogP contribution in [0, 0.1) is 0 Å². The van der Waals surface area contributed by atoms with E-state index in [-0.39, 0.29) is 12.0 Å². The van der Waals surface area contributed by atoms with E-state index in [9.17, 15) is 4.79 Å². The minimum absolute atomic E-state index is 0.254. The first-order valence-electron chi connectivity index (χ1n) is 4.85. The molecule has 0 bridgehead atoms. The highest BCUT2D eigenvalue weighted by Crippen LogP contribution is 2.38. The Hall–Kier alpha value is -1.32. The molecular weight excluding hydrogens is 180 g/mol. The van der Waals surface area contributed by atoms with E-state index in [1.807, 2.05) is 12.3 Å². The van der Waals surface area contributed by atoms with Gasteiger partial charge in [-0.25, -0.2) is 4.79 Å². The molecule has 0 radical (unpaired) electrons. The highest BCUT2D eigenvalue weighted by molar-refractivity contribution is 5.73. The number of hydrogen-bond acceptors (Lipinski definition) is 3. The van der Waals surface area contributed by atoms with Gasteiger partial charge in [0, 0.05) is 12.1 Å². The fourth-order valence-electron chi connectivity index (χ4n) is 1.44. The number of ether oxygens (including phenoxy) is 1. The van der Waals surface area contributed by atoms with Crippen LogP contribution in [0.25, 0.3) is 0 Å². The van der Waals surface area contributed by atoms with E-state index in [2.05, 4.69) is 9.84 Å². The zero-order chi connectivity index (χ0) is 10.1. The molecule has 0 amide bonds. The Bertz CT molecular complexity index is 342. The molecular formula is C10H14N2O2. The van der Waals surface area contributed by atoms with E-state index in [1.54, 1.807) is 11.6 Å². The normalized spacial score (nSPS) is 17.9. The third-order valence-corrected chi connectivity index (χ3v) is 2.56. The summed E-state index contributed by atoms with van der Waals surface area (Å²) in [5.74, 6) is 0.372. The number of esters is 1.